The van der Waals surface area contributed by atoms with Crippen molar-refractivity contribution >= 4 is 16.8 Å². The number of carbonyl (C=O) groups is 1. The van der Waals surface area contributed by atoms with Crippen LogP contribution in [0, 0.1) is 11.6 Å². The second-order valence-corrected chi connectivity index (χ2v) is 7.18. The molecule has 3 aromatic rings. The first kappa shape index (κ1) is 18.3. The summed E-state index contributed by atoms with van der Waals surface area (Å²) in [6.45, 7) is 1.31. The van der Waals surface area contributed by atoms with Gasteiger partial charge >= 0.3 is 0 Å². The van der Waals surface area contributed by atoms with E-state index >= 15 is 0 Å². The van der Waals surface area contributed by atoms with Crippen molar-refractivity contribution in [3.63, 3.8) is 0 Å². The monoisotopic (exact) mass is 383 g/mol. The Kier molecular flexibility index (Phi) is 4.66. The zero-order valence-corrected chi connectivity index (χ0v) is 15.3. The molecular formula is C21H19F2N3O2. The third-order valence-electron chi connectivity index (χ3n) is 4.98. The van der Waals surface area contributed by atoms with Crippen LogP contribution in [0.1, 0.15) is 48.5 Å². The number of hydrogen-bond acceptors (Lipinski definition) is 3. The molecule has 4 rings (SSSR count). The maximum absolute atomic E-state index is 14.3. The molecule has 1 amide bonds. The molecule has 1 saturated carbocycles. The van der Waals surface area contributed by atoms with Crippen molar-refractivity contribution in [2.75, 3.05) is 0 Å². The molecule has 0 aliphatic heterocycles. The summed E-state index contributed by atoms with van der Waals surface area (Å²) < 4.78 is 27.6. The molecule has 28 heavy (non-hydrogen) atoms. The van der Waals surface area contributed by atoms with E-state index in [4.69, 9.17) is 0 Å². The van der Waals surface area contributed by atoms with Gasteiger partial charge in [-0.15, -0.1) is 0 Å². The van der Waals surface area contributed by atoms with Gasteiger partial charge in [-0.2, -0.15) is 0 Å². The highest BCUT2D eigenvalue weighted by atomic mass is 19.1. The maximum Gasteiger partial charge on any atom is 0.251 e. The van der Waals surface area contributed by atoms with Crippen LogP contribution in [0.15, 0.2) is 41.3 Å². The van der Waals surface area contributed by atoms with Gasteiger partial charge in [-0.3, -0.25) is 14.6 Å². The molecule has 2 aromatic heterocycles. The molecule has 0 radical (unpaired) electrons. The third kappa shape index (κ3) is 3.65. The summed E-state index contributed by atoms with van der Waals surface area (Å²) in [6.07, 6.45) is 3.89. The van der Waals surface area contributed by atoms with Crippen LogP contribution in [-0.4, -0.2) is 15.9 Å². The van der Waals surface area contributed by atoms with Gasteiger partial charge in [0.1, 0.15) is 11.6 Å². The standard InChI is InChI=1S/C21H19F2N3O2/c1-11(27)25-19(15-5-4-14(22)10-17(15)23)9-13-8-16-18(26-21(13)28)6-7-24-20(16)12-2-3-12/h4-8,10,12,19H,2-3,9H2,1H3,(H,25,27)(H,26,28)/t19-/m0/s1. The summed E-state index contributed by atoms with van der Waals surface area (Å²) in [5.74, 6) is -1.45. The van der Waals surface area contributed by atoms with Crippen LogP contribution in [0.4, 0.5) is 8.78 Å². The van der Waals surface area contributed by atoms with E-state index in [2.05, 4.69) is 15.3 Å². The first-order valence-electron chi connectivity index (χ1n) is 9.15. The lowest BCUT2D eigenvalue weighted by Crippen LogP contribution is -2.30. The third-order valence-corrected chi connectivity index (χ3v) is 4.98. The summed E-state index contributed by atoms with van der Waals surface area (Å²) in [5, 5.41) is 3.52. The van der Waals surface area contributed by atoms with Crippen LogP contribution in [-0.2, 0) is 11.2 Å². The fourth-order valence-electron chi connectivity index (χ4n) is 3.51. The van der Waals surface area contributed by atoms with Crippen molar-refractivity contribution in [2.45, 2.75) is 38.1 Å². The van der Waals surface area contributed by atoms with Crippen molar-refractivity contribution < 1.29 is 13.6 Å². The Morgan fingerprint density at radius 2 is 2.07 bits per heavy atom. The van der Waals surface area contributed by atoms with Gasteiger partial charge in [0.05, 0.1) is 17.3 Å². The number of aromatic nitrogens is 2. The number of hydrogen-bond donors (Lipinski definition) is 2. The van der Waals surface area contributed by atoms with Gasteiger partial charge in [-0.1, -0.05) is 6.07 Å². The lowest BCUT2D eigenvalue weighted by Gasteiger charge is -2.19. The Hall–Kier alpha value is -3.09. The zero-order chi connectivity index (χ0) is 19.8. The molecule has 0 spiro atoms. The van der Waals surface area contributed by atoms with Crippen LogP contribution < -0.4 is 10.9 Å². The number of aromatic amines is 1. The van der Waals surface area contributed by atoms with E-state index in [1.54, 1.807) is 18.3 Å². The highest BCUT2D eigenvalue weighted by Gasteiger charge is 2.27. The van der Waals surface area contributed by atoms with E-state index in [0.717, 1.165) is 36.1 Å². The van der Waals surface area contributed by atoms with E-state index < -0.39 is 17.7 Å². The number of fused-ring (bicyclic) bond motifs is 1. The molecule has 144 valence electrons. The van der Waals surface area contributed by atoms with Crippen molar-refractivity contribution in [2.24, 2.45) is 0 Å². The molecule has 1 aliphatic rings. The SMILES string of the molecule is CC(=O)N[C@@H](Cc1cc2c(C3CC3)nccc2[nH]c1=O)c1ccc(F)cc1F. The number of amides is 1. The number of benzene rings is 1. The van der Waals surface area contributed by atoms with Crippen LogP contribution in [0.2, 0.25) is 0 Å². The average Bonchev–Trinajstić information content (AvgIpc) is 3.46. The van der Waals surface area contributed by atoms with E-state index in [0.29, 0.717) is 17.0 Å². The summed E-state index contributed by atoms with van der Waals surface area (Å²) in [4.78, 5) is 31.5. The molecule has 5 nitrogen and oxygen atoms in total. The number of carbonyl (C=O) groups excluding carboxylic acids is 1. The molecule has 2 heterocycles. The number of nitrogens with one attached hydrogen (secondary N) is 2. The molecule has 1 aliphatic carbocycles. The Balaban J connectivity index is 1.76. The predicted molar refractivity (Wildman–Crippen MR) is 101 cm³/mol. The van der Waals surface area contributed by atoms with Crippen molar-refractivity contribution in [1.29, 1.82) is 0 Å². The van der Waals surface area contributed by atoms with Gasteiger partial charge in [-0.05, 0) is 31.0 Å². The largest absolute Gasteiger partial charge is 0.349 e. The summed E-state index contributed by atoms with van der Waals surface area (Å²) in [5.41, 5.74) is 1.88. The Morgan fingerprint density at radius 3 is 2.75 bits per heavy atom. The predicted octanol–water partition coefficient (Wildman–Crippen LogP) is 3.50. The second kappa shape index (κ2) is 7.14. The second-order valence-electron chi connectivity index (χ2n) is 7.18. The number of nitrogens with zero attached hydrogens (tertiary/aromatic N) is 1. The minimum Gasteiger partial charge on any atom is -0.349 e. The van der Waals surface area contributed by atoms with Gasteiger partial charge < -0.3 is 10.3 Å². The summed E-state index contributed by atoms with van der Waals surface area (Å²) in [7, 11) is 0. The fourth-order valence-corrected chi connectivity index (χ4v) is 3.51. The average molecular weight is 383 g/mol. The molecule has 0 unspecified atom stereocenters. The quantitative estimate of drug-likeness (QED) is 0.708. The zero-order valence-electron chi connectivity index (χ0n) is 15.3. The highest BCUT2D eigenvalue weighted by molar-refractivity contribution is 5.82. The van der Waals surface area contributed by atoms with Gasteiger partial charge in [0, 0.05) is 48.0 Å². The molecule has 1 aromatic carbocycles. The molecule has 7 heteroatoms. The van der Waals surface area contributed by atoms with Crippen molar-refractivity contribution in [1.82, 2.24) is 15.3 Å². The Bertz CT molecular complexity index is 1120. The number of pyridine rings is 2. The van der Waals surface area contributed by atoms with E-state index in [9.17, 15) is 18.4 Å². The molecule has 2 N–H and O–H groups in total. The van der Waals surface area contributed by atoms with Gasteiger partial charge in [0.2, 0.25) is 5.91 Å². The smallest absolute Gasteiger partial charge is 0.251 e. The Labute approximate surface area is 159 Å². The van der Waals surface area contributed by atoms with E-state index in [1.807, 2.05) is 0 Å². The van der Waals surface area contributed by atoms with Crippen LogP contribution >= 0.6 is 0 Å². The molecule has 1 atom stereocenters. The minimum absolute atomic E-state index is 0.0758. The van der Waals surface area contributed by atoms with Crippen molar-refractivity contribution in [3.05, 3.63) is 75.3 Å². The topological polar surface area (TPSA) is 74.8 Å². The van der Waals surface area contributed by atoms with Gasteiger partial charge in [-0.25, -0.2) is 8.78 Å². The molecule has 0 saturated heterocycles. The lowest BCUT2D eigenvalue weighted by molar-refractivity contribution is -0.119. The normalized spacial score (nSPS) is 14.8. The number of halogens is 2. The fraction of sp³-hybridized carbons (Fsp3) is 0.286. The van der Waals surface area contributed by atoms with Gasteiger partial charge in [0.15, 0.2) is 0 Å². The lowest BCUT2D eigenvalue weighted by atomic mass is 9.97. The first-order chi connectivity index (χ1) is 13.4. The van der Waals surface area contributed by atoms with Gasteiger partial charge in [0.25, 0.3) is 5.56 Å². The summed E-state index contributed by atoms with van der Waals surface area (Å²) >= 11 is 0. The first-order valence-corrected chi connectivity index (χ1v) is 9.15. The maximum atomic E-state index is 14.3. The van der Waals surface area contributed by atoms with Crippen LogP contribution in [0.25, 0.3) is 10.9 Å². The van der Waals surface area contributed by atoms with Crippen molar-refractivity contribution in [3.8, 4) is 0 Å². The van der Waals surface area contributed by atoms with Crippen LogP contribution in [0.5, 0.6) is 0 Å². The van der Waals surface area contributed by atoms with Crippen LogP contribution in [0.3, 0.4) is 0 Å². The highest BCUT2D eigenvalue weighted by Crippen LogP contribution is 2.41. The molecular weight excluding hydrogens is 364 g/mol. The summed E-state index contributed by atoms with van der Waals surface area (Å²) in [6, 6.07) is 5.91. The molecule has 1 fully saturated rings. The minimum atomic E-state index is -0.794. The van der Waals surface area contributed by atoms with E-state index in [1.165, 1.54) is 13.0 Å². The number of rotatable bonds is 5. The Morgan fingerprint density at radius 1 is 1.29 bits per heavy atom. The molecule has 0 bridgehead atoms. The van der Waals surface area contributed by atoms with E-state index in [-0.39, 0.29) is 23.5 Å². The number of H-pyrrole nitrogens is 1.